The maximum atomic E-state index is 12.0. The van der Waals surface area contributed by atoms with E-state index in [2.05, 4.69) is 4.90 Å². The fraction of sp³-hybridized carbons (Fsp3) is 0.800. The molecule has 25 heavy (non-hydrogen) atoms. The van der Waals surface area contributed by atoms with Crippen molar-refractivity contribution in [2.75, 3.05) is 18.0 Å². The van der Waals surface area contributed by atoms with E-state index in [0.29, 0.717) is 5.92 Å². The third kappa shape index (κ3) is 5.19. The standard InChI is InChI=1S/C20H33N3OS/c21-19(24)18-17(16-12-8-7-9-13-16)22-20(25-18)23-14-10-5-3-1-2-4-6-11-15-23/h16H,1-15H2,(H2,21,24). The molecular formula is C20H33N3OS. The molecule has 1 aromatic heterocycles. The largest absolute Gasteiger partial charge is 0.365 e. The Kier molecular flexibility index (Phi) is 7.14. The zero-order chi connectivity index (χ0) is 17.5. The summed E-state index contributed by atoms with van der Waals surface area (Å²) >= 11 is 1.54. The normalized spacial score (nSPS) is 21.7. The van der Waals surface area contributed by atoms with Crippen molar-refractivity contribution in [3.05, 3.63) is 10.6 Å². The molecule has 2 N–H and O–H groups in total. The monoisotopic (exact) mass is 363 g/mol. The van der Waals surface area contributed by atoms with E-state index in [1.807, 2.05) is 0 Å². The van der Waals surface area contributed by atoms with Gasteiger partial charge in [-0.25, -0.2) is 4.98 Å². The summed E-state index contributed by atoms with van der Waals surface area (Å²) in [7, 11) is 0. The number of rotatable bonds is 3. The molecule has 2 heterocycles. The van der Waals surface area contributed by atoms with E-state index in [-0.39, 0.29) is 5.91 Å². The zero-order valence-corrected chi connectivity index (χ0v) is 16.3. The summed E-state index contributed by atoms with van der Waals surface area (Å²) in [6.07, 6.45) is 16.7. The van der Waals surface area contributed by atoms with Crippen molar-refractivity contribution < 1.29 is 4.79 Å². The van der Waals surface area contributed by atoms with E-state index in [4.69, 9.17) is 10.7 Å². The number of primary amides is 1. The summed E-state index contributed by atoms with van der Waals surface area (Å²) in [4.78, 5) is 20.1. The maximum absolute atomic E-state index is 12.0. The van der Waals surface area contributed by atoms with Crippen LogP contribution in [0.2, 0.25) is 0 Å². The summed E-state index contributed by atoms with van der Waals surface area (Å²) in [6, 6.07) is 0. The van der Waals surface area contributed by atoms with Crippen LogP contribution in [0.3, 0.4) is 0 Å². The molecule has 1 aromatic rings. The predicted octanol–water partition coefficient (Wildman–Crippen LogP) is 5.23. The van der Waals surface area contributed by atoms with Gasteiger partial charge in [-0.05, 0) is 25.7 Å². The highest BCUT2D eigenvalue weighted by molar-refractivity contribution is 7.17. The van der Waals surface area contributed by atoms with Crippen LogP contribution < -0.4 is 10.6 Å². The van der Waals surface area contributed by atoms with Crippen molar-refractivity contribution in [3.63, 3.8) is 0 Å². The minimum absolute atomic E-state index is 0.290. The molecule has 1 aliphatic carbocycles. The molecule has 5 heteroatoms. The Hall–Kier alpha value is -1.10. The Morgan fingerprint density at radius 2 is 1.40 bits per heavy atom. The second-order valence-electron chi connectivity index (χ2n) is 7.73. The molecule has 1 aliphatic heterocycles. The quantitative estimate of drug-likeness (QED) is 0.800. The Bertz CT molecular complexity index is 539. The fourth-order valence-corrected chi connectivity index (χ4v) is 5.31. The van der Waals surface area contributed by atoms with Crippen molar-refractivity contribution >= 4 is 22.4 Å². The lowest BCUT2D eigenvalue weighted by Crippen LogP contribution is -2.25. The third-order valence-electron chi connectivity index (χ3n) is 5.73. The number of anilines is 1. The average Bonchev–Trinajstić information content (AvgIpc) is 3.05. The van der Waals surface area contributed by atoms with Crippen molar-refractivity contribution in [1.82, 2.24) is 4.98 Å². The molecule has 1 saturated heterocycles. The lowest BCUT2D eigenvalue weighted by Gasteiger charge is -2.22. The highest BCUT2D eigenvalue weighted by Crippen LogP contribution is 2.38. The first-order chi connectivity index (χ1) is 12.3. The third-order valence-corrected chi connectivity index (χ3v) is 6.88. The van der Waals surface area contributed by atoms with E-state index >= 15 is 0 Å². The number of carbonyl (C=O) groups is 1. The first-order valence-corrected chi connectivity index (χ1v) is 11.1. The molecule has 0 aromatic carbocycles. The predicted molar refractivity (Wildman–Crippen MR) is 106 cm³/mol. The molecule has 4 nitrogen and oxygen atoms in total. The summed E-state index contributed by atoms with van der Waals surface area (Å²) < 4.78 is 0. The molecule has 0 unspecified atom stereocenters. The zero-order valence-electron chi connectivity index (χ0n) is 15.5. The van der Waals surface area contributed by atoms with Gasteiger partial charge in [0, 0.05) is 19.0 Å². The summed E-state index contributed by atoms with van der Waals surface area (Å²) in [5.41, 5.74) is 6.70. The van der Waals surface area contributed by atoms with E-state index < -0.39 is 0 Å². The minimum Gasteiger partial charge on any atom is -0.365 e. The number of amides is 1. The van der Waals surface area contributed by atoms with Gasteiger partial charge in [-0.2, -0.15) is 0 Å². The number of nitrogens with two attached hydrogens (primary N) is 1. The van der Waals surface area contributed by atoms with Gasteiger partial charge in [-0.15, -0.1) is 0 Å². The van der Waals surface area contributed by atoms with Gasteiger partial charge in [0.15, 0.2) is 5.13 Å². The van der Waals surface area contributed by atoms with Gasteiger partial charge in [0.25, 0.3) is 5.91 Å². The molecule has 2 fully saturated rings. The molecule has 3 rings (SSSR count). The summed E-state index contributed by atoms with van der Waals surface area (Å²) in [6.45, 7) is 2.13. The van der Waals surface area contributed by atoms with Crippen molar-refractivity contribution in [3.8, 4) is 0 Å². The van der Waals surface area contributed by atoms with Gasteiger partial charge in [0.2, 0.25) is 0 Å². The van der Waals surface area contributed by atoms with Crippen LogP contribution in [0.25, 0.3) is 0 Å². The Labute approximate surface area is 156 Å². The van der Waals surface area contributed by atoms with E-state index in [0.717, 1.165) is 41.6 Å². The van der Waals surface area contributed by atoms with Crippen molar-refractivity contribution in [2.24, 2.45) is 5.73 Å². The Morgan fingerprint density at radius 1 is 0.880 bits per heavy atom. The molecular weight excluding hydrogens is 330 g/mol. The highest BCUT2D eigenvalue weighted by Gasteiger charge is 2.26. The van der Waals surface area contributed by atoms with Gasteiger partial charge in [0.1, 0.15) is 4.88 Å². The van der Waals surface area contributed by atoms with Crippen LogP contribution >= 0.6 is 11.3 Å². The minimum atomic E-state index is -0.290. The number of aromatic nitrogens is 1. The van der Waals surface area contributed by atoms with Gasteiger partial charge >= 0.3 is 0 Å². The van der Waals surface area contributed by atoms with Crippen LogP contribution in [0.15, 0.2) is 0 Å². The highest BCUT2D eigenvalue weighted by atomic mass is 32.1. The van der Waals surface area contributed by atoms with Crippen molar-refractivity contribution in [1.29, 1.82) is 0 Å². The summed E-state index contributed by atoms with van der Waals surface area (Å²) in [5, 5.41) is 1.04. The maximum Gasteiger partial charge on any atom is 0.260 e. The number of nitrogens with zero attached hydrogens (tertiary/aromatic N) is 2. The van der Waals surface area contributed by atoms with Crippen molar-refractivity contribution in [2.45, 2.75) is 89.4 Å². The number of thiazole rings is 1. The lowest BCUT2D eigenvalue weighted by molar-refractivity contribution is 0.100. The molecule has 0 radical (unpaired) electrons. The summed E-state index contributed by atoms with van der Waals surface area (Å²) in [5.74, 6) is 0.146. The topological polar surface area (TPSA) is 59.2 Å². The SMILES string of the molecule is NC(=O)c1sc(N2CCCCCCCCCC2)nc1C1CCCCC1. The second-order valence-corrected chi connectivity index (χ2v) is 8.70. The number of carbonyl (C=O) groups excluding carboxylic acids is 1. The molecule has 0 bridgehead atoms. The number of hydrogen-bond acceptors (Lipinski definition) is 4. The van der Waals surface area contributed by atoms with Gasteiger partial charge in [0.05, 0.1) is 5.69 Å². The van der Waals surface area contributed by atoms with E-state index in [9.17, 15) is 4.79 Å². The van der Waals surface area contributed by atoms with E-state index in [1.165, 1.54) is 70.6 Å². The van der Waals surface area contributed by atoms with Crippen LogP contribution in [0.5, 0.6) is 0 Å². The molecule has 2 aliphatic rings. The van der Waals surface area contributed by atoms with Crippen LogP contribution in [0.4, 0.5) is 5.13 Å². The first kappa shape index (κ1) is 18.7. The smallest absolute Gasteiger partial charge is 0.260 e. The number of hydrogen-bond donors (Lipinski definition) is 1. The van der Waals surface area contributed by atoms with Gasteiger partial charge in [-0.1, -0.05) is 69.1 Å². The van der Waals surface area contributed by atoms with Crippen LogP contribution in [0, 0.1) is 0 Å². The molecule has 1 amide bonds. The van der Waals surface area contributed by atoms with Gasteiger partial charge < -0.3 is 10.6 Å². The Balaban J connectivity index is 1.77. The molecule has 1 saturated carbocycles. The van der Waals surface area contributed by atoms with Crippen LogP contribution in [-0.2, 0) is 0 Å². The van der Waals surface area contributed by atoms with Gasteiger partial charge in [-0.3, -0.25) is 4.79 Å². The fourth-order valence-electron chi connectivity index (χ4n) is 4.25. The second kappa shape index (κ2) is 9.56. The average molecular weight is 364 g/mol. The molecule has 0 spiro atoms. The first-order valence-electron chi connectivity index (χ1n) is 10.3. The molecule has 0 atom stereocenters. The lowest BCUT2D eigenvalue weighted by atomic mass is 9.86. The molecule has 140 valence electrons. The van der Waals surface area contributed by atoms with Crippen LogP contribution in [-0.4, -0.2) is 24.0 Å². The van der Waals surface area contributed by atoms with E-state index in [1.54, 1.807) is 11.3 Å². The Morgan fingerprint density at radius 3 is 1.96 bits per heavy atom. The van der Waals surface area contributed by atoms with Crippen LogP contribution in [0.1, 0.15) is 105 Å².